The SMILES string of the molecule is COCCCN1C(=O)/C(=C/c2ccc(OCc3ccccc3F)c(I)c2)SC1=Nc1ccccc1. The number of halogens is 2. The Morgan fingerprint density at radius 1 is 1.09 bits per heavy atom. The van der Waals surface area contributed by atoms with Crippen molar-refractivity contribution in [3.8, 4) is 5.75 Å². The average molecular weight is 602 g/mol. The first-order chi connectivity index (χ1) is 17.0. The zero-order chi connectivity index (χ0) is 24.6. The summed E-state index contributed by atoms with van der Waals surface area (Å²) in [4.78, 5) is 20.2. The second-order valence-corrected chi connectivity index (χ2v) is 9.88. The summed E-state index contributed by atoms with van der Waals surface area (Å²) in [5.41, 5.74) is 2.18. The van der Waals surface area contributed by atoms with Crippen LogP contribution in [-0.2, 0) is 16.1 Å². The summed E-state index contributed by atoms with van der Waals surface area (Å²) < 4.78 is 25.7. The summed E-state index contributed by atoms with van der Waals surface area (Å²) in [5, 5.41) is 0.656. The highest BCUT2D eigenvalue weighted by Gasteiger charge is 2.33. The van der Waals surface area contributed by atoms with E-state index >= 15 is 0 Å². The van der Waals surface area contributed by atoms with Crippen molar-refractivity contribution in [3.63, 3.8) is 0 Å². The first kappa shape index (κ1) is 25.4. The van der Waals surface area contributed by atoms with Crippen molar-refractivity contribution in [1.29, 1.82) is 0 Å². The van der Waals surface area contributed by atoms with Crippen LogP contribution in [0.2, 0.25) is 0 Å². The van der Waals surface area contributed by atoms with Gasteiger partial charge in [0.2, 0.25) is 0 Å². The van der Waals surface area contributed by atoms with E-state index in [1.807, 2.05) is 54.6 Å². The number of thioether (sulfide) groups is 1. The zero-order valence-electron chi connectivity index (χ0n) is 19.1. The van der Waals surface area contributed by atoms with Gasteiger partial charge < -0.3 is 9.47 Å². The first-order valence-corrected chi connectivity index (χ1v) is 12.9. The van der Waals surface area contributed by atoms with Crippen molar-refractivity contribution < 1.29 is 18.7 Å². The van der Waals surface area contributed by atoms with Crippen LogP contribution in [0, 0.1) is 9.39 Å². The summed E-state index contributed by atoms with van der Waals surface area (Å²) >= 11 is 3.55. The predicted molar refractivity (Wildman–Crippen MR) is 147 cm³/mol. The molecule has 0 unspecified atom stereocenters. The maximum absolute atomic E-state index is 13.9. The number of methoxy groups -OCH3 is 1. The lowest BCUT2D eigenvalue weighted by Crippen LogP contribution is -2.30. The fourth-order valence-electron chi connectivity index (χ4n) is 3.41. The third-order valence-corrected chi connectivity index (χ3v) is 7.04. The smallest absolute Gasteiger partial charge is 0.266 e. The molecule has 8 heteroatoms. The van der Waals surface area contributed by atoms with Crippen LogP contribution in [0.4, 0.5) is 10.1 Å². The number of hydrogen-bond acceptors (Lipinski definition) is 5. The molecular weight excluding hydrogens is 578 g/mol. The van der Waals surface area contributed by atoms with Gasteiger partial charge >= 0.3 is 0 Å². The number of rotatable bonds is 9. The highest BCUT2D eigenvalue weighted by Crippen LogP contribution is 2.35. The van der Waals surface area contributed by atoms with Crippen molar-refractivity contribution in [1.82, 2.24) is 4.90 Å². The molecule has 0 N–H and O–H groups in total. The van der Waals surface area contributed by atoms with Gasteiger partial charge in [0, 0.05) is 25.8 Å². The third-order valence-electron chi connectivity index (χ3n) is 5.19. The van der Waals surface area contributed by atoms with Gasteiger partial charge in [0.1, 0.15) is 18.2 Å². The molecule has 0 saturated carbocycles. The van der Waals surface area contributed by atoms with Gasteiger partial charge in [-0.25, -0.2) is 9.38 Å². The Morgan fingerprint density at radius 2 is 1.86 bits per heavy atom. The molecule has 1 fully saturated rings. The second-order valence-electron chi connectivity index (χ2n) is 7.71. The lowest BCUT2D eigenvalue weighted by atomic mass is 10.2. The van der Waals surface area contributed by atoms with Gasteiger partial charge in [-0.2, -0.15) is 0 Å². The van der Waals surface area contributed by atoms with Crippen LogP contribution in [0.15, 0.2) is 82.7 Å². The monoisotopic (exact) mass is 602 g/mol. The third kappa shape index (κ3) is 6.71. The van der Waals surface area contributed by atoms with Gasteiger partial charge in [0.15, 0.2) is 5.17 Å². The molecule has 0 aliphatic carbocycles. The van der Waals surface area contributed by atoms with Gasteiger partial charge in [0.25, 0.3) is 5.91 Å². The van der Waals surface area contributed by atoms with E-state index in [0.717, 1.165) is 21.2 Å². The number of amidine groups is 1. The van der Waals surface area contributed by atoms with Crippen LogP contribution in [0.25, 0.3) is 6.08 Å². The van der Waals surface area contributed by atoms with Gasteiger partial charge in [-0.3, -0.25) is 9.69 Å². The lowest BCUT2D eigenvalue weighted by Gasteiger charge is -2.15. The number of carbonyl (C=O) groups is 1. The molecule has 0 bridgehead atoms. The molecule has 3 aromatic carbocycles. The minimum Gasteiger partial charge on any atom is -0.488 e. The number of para-hydroxylation sites is 1. The number of benzene rings is 3. The summed E-state index contributed by atoms with van der Waals surface area (Å²) in [6.07, 6.45) is 2.59. The van der Waals surface area contributed by atoms with Gasteiger partial charge in [0.05, 0.1) is 14.2 Å². The van der Waals surface area contributed by atoms with Crippen molar-refractivity contribution in [3.05, 3.63) is 98.2 Å². The van der Waals surface area contributed by atoms with Crippen molar-refractivity contribution in [2.24, 2.45) is 4.99 Å². The second kappa shape index (κ2) is 12.3. The predicted octanol–water partition coefficient (Wildman–Crippen LogP) is 6.65. The van der Waals surface area contributed by atoms with Gasteiger partial charge in [-0.15, -0.1) is 0 Å². The number of hydrogen-bond donors (Lipinski definition) is 0. The number of nitrogens with zero attached hydrogens (tertiary/aromatic N) is 2. The van der Waals surface area contributed by atoms with E-state index in [0.29, 0.717) is 34.5 Å². The Morgan fingerprint density at radius 3 is 2.60 bits per heavy atom. The summed E-state index contributed by atoms with van der Waals surface area (Å²) in [6, 6.07) is 21.8. The molecule has 0 atom stereocenters. The molecule has 3 aromatic rings. The number of amides is 1. The highest BCUT2D eigenvalue weighted by atomic mass is 127. The maximum atomic E-state index is 13.9. The normalized spacial score (nSPS) is 15.9. The van der Waals surface area contributed by atoms with Gasteiger partial charge in [-0.1, -0.05) is 42.5 Å². The molecular formula is C27H24FIN2O3S. The number of ether oxygens (including phenoxy) is 2. The van der Waals surface area contributed by atoms with E-state index in [2.05, 4.69) is 22.6 Å². The van der Waals surface area contributed by atoms with E-state index in [1.165, 1.54) is 17.8 Å². The van der Waals surface area contributed by atoms with E-state index in [1.54, 1.807) is 30.2 Å². The van der Waals surface area contributed by atoms with Crippen molar-refractivity contribution >= 4 is 57.2 Å². The average Bonchev–Trinajstić information content (AvgIpc) is 3.14. The Hall–Kier alpha value is -2.69. The molecule has 0 radical (unpaired) electrons. The quantitative estimate of drug-likeness (QED) is 0.156. The Labute approximate surface area is 222 Å². The standard InChI is InChI=1S/C27H24FIN2O3S/c1-33-15-7-14-31-26(32)25(35-27(31)30-21-9-3-2-4-10-21)17-19-12-13-24(23(29)16-19)34-18-20-8-5-6-11-22(20)28/h2-6,8-13,16-17H,7,14-15,18H2,1H3/b25-17-,30-27?. The maximum Gasteiger partial charge on any atom is 0.266 e. The number of aliphatic imine (C=N–C) groups is 1. The summed E-state index contributed by atoms with van der Waals surface area (Å²) in [6.45, 7) is 1.24. The molecule has 180 valence electrons. The van der Waals surface area contributed by atoms with E-state index in [-0.39, 0.29) is 18.3 Å². The van der Waals surface area contributed by atoms with E-state index in [4.69, 9.17) is 14.5 Å². The molecule has 1 aliphatic rings. The number of carbonyl (C=O) groups excluding carboxylic acids is 1. The summed E-state index contributed by atoms with van der Waals surface area (Å²) in [7, 11) is 1.65. The van der Waals surface area contributed by atoms with Crippen LogP contribution in [-0.4, -0.2) is 36.2 Å². The summed E-state index contributed by atoms with van der Waals surface area (Å²) in [5.74, 6) is 0.299. The largest absolute Gasteiger partial charge is 0.488 e. The van der Waals surface area contributed by atoms with Crippen LogP contribution in [0.1, 0.15) is 17.5 Å². The van der Waals surface area contributed by atoms with E-state index in [9.17, 15) is 9.18 Å². The topological polar surface area (TPSA) is 51.1 Å². The van der Waals surface area contributed by atoms with Crippen molar-refractivity contribution in [2.75, 3.05) is 20.3 Å². The van der Waals surface area contributed by atoms with Crippen LogP contribution in [0.3, 0.4) is 0 Å². The molecule has 1 aliphatic heterocycles. The minimum atomic E-state index is -0.288. The van der Waals surface area contributed by atoms with Crippen LogP contribution < -0.4 is 4.74 Å². The Bertz CT molecular complexity index is 1250. The van der Waals surface area contributed by atoms with Crippen molar-refractivity contribution in [2.45, 2.75) is 13.0 Å². The molecule has 1 saturated heterocycles. The lowest BCUT2D eigenvalue weighted by molar-refractivity contribution is -0.122. The zero-order valence-corrected chi connectivity index (χ0v) is 22.1. The first-order valence-electron chi connectivity index (χ1n) is 11.0. The van der Waals surface area contributed by atoms with E-state index < -0.39 is 0 Å². The molecule has 1 amide bonds. The fourth-order valence-corrected chi connectivity index (χ4v) is 5.13. The molecule has 0 spiro atoms. The molecule has 0 aromatic heterocycles. The van der Waals surface area contributed by atoms with Crippen LogP contribution >= 0.6 is 34.4 Å². The molecule has 1 heterocycles. The van der Waals surface area contributed by atoms with Crippen LogP contribution in [0.5, 0.6) is 5.75 Å². The Kier molecular flexibility index (Phi) is 8.95. The fraction of sp³-hybridized carbons (Fsp3) is 0.185. The molecule has 35 heavy (non-hydrogen) atoms. The Balaban J connectivity index is 1.52. The van der Waals surface area contributed by atoms with Gasteiger partial charge in [-0.05, 0) is 82.7 Å². The molecule has 5 nitrogen and oxygen atoms in total. The minimum absolute atomic E-state index is 0.0735. The molecule has 4 rings (SSSR count). The highest BCUT2D eigenvalue weighted by molar-refractivity contribution is 14.1.